The van der Waals surface area contributed by atoms with E-state index in [2.05, 4.69) is 26.6 Å². The second-order valence-electron chi connectivity index (χ2n) is 4.91. The van der Waals surface area contributed by atoms with Gasteiger partial charge in [0, 0.05) is 16.6 Å². The van der Waals surface area contributed by atoms with Crippen molar-refractivity contribution in [2.45, 2.75) is 26.2 Å². The molecule has 2 N–H and O–H groups in total. The lowest BCUT2D eigenvalue weighted by molar-refractivity contribution is -0.116. The first kappa shape index (κ1) is 16.5. The normalized spacial score (nSPS) is 17.9. The summed E-state index contributed by atoms with van der Waals surface area (Å²) in [5.41, 5.74) is 2.03. The van der Waals surface area contributed by atoms with Crippen LogP contribution in [0.4, 0.5) is 5.69 Å². The van der Waals surface area contributed by atoms with E-state index in [1.165, 1.54) is 12.0 Å². The van der Waals surface area contributed by atoms with Crippen molar-refractivity contribution in [3.63, 3.8) is 0 Å². The van der Waals surface area contributed by atoms with E-state index in [4.69, 9.17) is 0 Å². The van der Waals surface area contributed by atoms with Gasteiger partial charge in [0.2, 0.25) is 5.91 Å². The summed E-state index contributed by atoms with van der Waals surface area (Å²) in [6.45, 7) is 4.18. The number of halogens is 2. The Kier molecular flexibility index (Phi) is 6.83. The zero-order valence-corrected chi connectivity index (χ0v) is 13.4. The molecule has 1 heterocycles. The van der Waals surface area contributed by atoms with E-state index in [0.29, 0.717) is 12.3 Å². The van der Waals surface area contributed by atoms with Crippen LogP contribution in [0.15, 0.2) is 22.7 Å². The topological polar surface area (TPSA) is 41.1 Å². The Labute approximate surface area is 129 Å². The molecule has 0 spiro atoms. The quantitative estimate of drug-likeness (QED) is 0.875. The van der Waals surface area contributed by atoms with Gasteiger partial charge in [0.05, 0.1) is 0 Å². The van der Waals surface area contributed by atoms with Gasteiger partial charge in [0.1, 0.15) is 0 Å². The SMILES string of the molecule is Cc1ccc(NC(=O)CCC2CCNC2)cc1Br.Cl. The van der Waals surface area contributed by atoms with E-state index in [1.807, 2.05) is 25.1 Å². The number of benzene rings is 1. The van der Waals surface area contributed by atoms with Crippen molar-refractivity contribution < 1.29 is 4.79 Å². The van der Waals surface area contributed by atoms with Crippen LogP contribution < -0.4 is 10.6 Å². The third kappa shape index (κ3) is 5.13. The first-order valence-corrected chi connectivity index (χ1v) is 7.21. The van der Waals surface area contributed by atoms with Crippen LogP contribution in [0, 0.1) is 12.8 Å². The van der Waals surface area contributed by atoms with Crippen molar-refractivity contribution >= 4 is 39.9 Å². The third-order valence-electron chi connectivity index (χ3n) is 3.40. The summed E-state index contributed by atoms with van der Waals surface area (Å²) in [7, 11) is 0. The lowest BCUT2D eigenvalue weighted by Crippen LogP contribution is -2.15. The van der Waals surface area contributed by atoms with E-state index >= 15 is 0 Å². The van der Waals surface area contributed by atoms with Crippen LogP contribution in [0.3, 0.4) is 0 Å². The maximum atomic E-state index is 11.8. The number of hydrogen-bond acceptors (Lipinski definition) is 2. The number of carbonyl (C=O) groups excluding carboxylic acids is 1. The standard InChI is InChI=1S/C14H19BrN2O.ClH/c1-10-2-4-12(8-13(10)15)17-14(18)5-3-11-6-7-16-9-11;/h2,4,8,11,16H,3,5-7,9H2,1H3,(H,17,18);1H. The Morgan fingerprint density at radius 3 is 2.95 bits per heavy atom. The average molecular weight is 348 g/mol. The molecule has 1 fully saturated rings. The smallest absolute Gasteiger partial charge is 0.224 e. The minimum absolute atomic E-state index is 0. The van der Waals surface area contributed by atoms with Crippen LogP contribution >= 0.6 is 28.3 Å². The van der Waals surface area contributed by atoms with Crippen molar-refractivity contribution in [3.05, 3.63) is 28.2 Å². The summed E-state index contributed by atoms with van der Waals surface area (Å²) in [5.74, 6) is 0.776. The third-order valence-corrected chi connectivity index (χ3v) is 4.25. The van der Waals surface area contributed by atoms with Gasteiger partial charge >= 0.3 is 0 Å². The molecule has 106 valence electrons. The summed E-state index contributed by atoms with van der Waals surface area (Å²) in [6, 6.07) is 5.89. The molecule has 1 atom stereocenters. The molecule has 1 amide bonds. The first-order valence-electron chi connectivity index (χ1n) is 6.42. The lowest BCUT2D eigenvalue weighted by atomic mass is 10.0. The molecular weight excluding hydrogens is 328 g/mol. The zero-order valence-electron chi connectivity index (χ0n) is 11.0. The largest absolute Gasteiger partial charge is 0.326 e. The van der Waals surface area contributed by atoms with Gasteiger partial charge in [-0.25, -0.2) is 0 Å². The zero-order chi connectivity index (χ0) is 13.0. The van der Waals surface area contributed by atoms with Gasteiger partial charge in [-0.05, 0) is 56.5 Å². The molecule has 0 bridgehead atoms. The maximum Gasteiger partial charge on any atom is 0.224 e. The lowest BCUT2D eigenvalue weighted by Gasteiger charge is -2.09. The first-order chi connectivity index (χ1) is 8.65. The van der Waals surface area contributed by atoms with E-state index in [1.54, 1.807) is 0 Å². The Morgan fingerprint density at radius 2 is 2.32 bits per heavy atom. The molecule has 5 heteroatoms. The number of amides is 1. The van der Waals surface area contributed by atoms with Crippen LogP contribution in [-0.2, 0) is 4.79 Å². The summed E-state index contributed by atoms with van der Waals surface area (Å²) in [5, 5.41) is 6.27. The van der Waals surface area contributed by atoms with E-state index in [0.717, 1.165) is 29.7 Å². The van der Waals surface area contributed by atoms with Gasteiger partial charge in [-0.3, -0.25) is 4.79 Å². The Hall–Kier alpha value is -0.580. The molecule has 0 saturated carbocycles. The molecule has 0 aliphatic carbocycles. The van der Waals surface area contributed by atoms with Crippen molar-refractivity contribution in [2.24, 2.45) is 5.92 Å². The van der Waals surface area contributed by atoms with Crippen LogP contribution in [0.25, 0.3) is 0 Å². The monoisotopic (exact) mass is 346 g/mol. The fourth-order valence-corrected chi connectivity index (χ4v) is 2.57. The summed E-state index contributed by atoms with van der Waals surface area (Å²) >= 11 is 3.47. The highest BCUT2D eigenvalue weighted by molar-refractivity contribution is 9.10. The number of rotatable bonds is 4. The Bertz CT molecular complexity index is 433. The minimum Gasteiger partial charge on any atom is -0.326 e. The number of hydrogen-bond donors (Lipinski definition) is 2. The highest BCUT2D eigenvalue weighted by Gasteiger charge is 2.15. The number of carbonyl (C=O) groups is 1. The van der Waals surface area contributed by atoms with Gasteiger partial charge in [0.25, 0.3) is 0 Å². The van der Waals surface area contributed by atoms with Gasteiger partial charge in [-0.1, -0.05) is 22.0 Å². The molecule has 2 rings (SSSR count). The second-order valence-corrected chi connectivity index (χ2v) is 5.76. The van der Waals surface area contributed by atoms with Crippen LogP contribution in [-0.4, -0.2) is 19.0 Å². The van der Waals surface area contributed by atoms with Crippen LogP contribution in [0.2, 0.25) is 0 Å². The number of aryl methyl sites for hydroxylation is 1. The minimum atomic E-state index is 0. The van der Waals surface area contributed by atoms with E-state index < -0.39 is 0 Å². The van der Waals surface area contributed by atoms with Gasteiger partial charge in [-0.15, -0.1) is 12.4 Å². The van der Waals surface area contributed by atoms with Crippen LogP contribution in [0.5, 0.6) is 0 Å². The van der Waals surface area contributed by atoms with Crippen LogP contribution in [0.1, 0.15) is 24.8 Å². The van der Waals surface area contributed by atoms with Gasteiger partial charge < -0.3 is 10.6 Å². The molecule has 19 heavy (non-hydrogen) atoms. The van der Waals surface area contributed by atoms with Crippen molar-refractivity contribution in [1.29, 1.82) is 0 Å². The molecular formula is C14H20BrClN2O. The second kappa shape index (κ2) is 7.88. The number of nitrogens with one attached hydrogen (secondary N) is 2. The number of anilines is 1. The fraction of sp³-hybridized carbons (Fsp3) is 0.500. The van der Waals surface area contributed by atoms with E-state index in [-0.39, 0.29) is 18.3 Å². The van der Waals surface area contributed by atoms with Crippen molar-refractivity contribution in [2.75, 3.05) is 18.4 Å². The Morgan fingerprint density at radius 1 is 1.53 bits per heavy atom. The molecule has 3 nitrogen and oxygen atoms in total. The molecule has 0 radical (unpaired) electrons. The summed E-state index contributed by atoms with van der Waals surface area (Å²) in [4.78, 5) is 11.8. The maximum absolute atomic E-state index is 11.8. The predicted molar refractivity (Wildman–Crippen MR) is 85.0 cm³/mol. The highest BCUT2D eigenvalue weighted by Crippen LogP contribution is 2.21. The van der Waals surface area contributed by atoms with Gasteiger partial charge in [0.15, 0.2) is 0 Å². The molecule has 1 aliphatic heterocycles. The molecule has 1 aliphatic rings. The highest BCUT2D eigenvalue weighted by atomic mass is 79.9. The van der Waals surface area contributed by atoms with Crippen molar-refractivity contribution in [3.8, 4) is 0 Å². The van der Waals surface area contributed by atoms with Crippen molar-refractivity contribution in [1.82, 2.24) is 5.32 Å². The molecule has 1 saturated heterocycles. The molecule has 0 aromatic heterocycles. The average Bonchev–Trinajstić information content (AvgIpc) is 2.84. The van der Waals surface area contributed by atoms with Gasteiger partial charge in [-0.2, -0.15) is 0 Å². The summed E-state index contributed by atoms with van der Waals surface area (Å²) < 4.78 is 1.03. The Balaban J connectivity index is 0.00000180. The summed E-state index contributed by atoms with van der Waals surface area (Å²) in [6.07, 6.45) is 2.78. The molecule has 1 aromatic carbocycles. The fourth-order valence-electron chi connectivity index (χ4n) is 2.19. The molecule has 1 aromatic rings. The van der Waals surface area contributed by atoms with E-state index in [9.17, 15) is 4.79 Å². The predicted octanol–water partition coefficient (Wildman–Crippen LogP) is 3.51. The molecule has 1 unspecified atom stereocenters.